The molecule has 0 spiro atoms. The van der Waals surface area contributed by atoms with Crippen LogP contribution in [0, 0.1) is 5.92 Å². The van der Waals surface area contributed by atoms with Gasteiger partial charge in [-0.25, -0.2) is 8.42 Å². The number of sulfone groups is 1. The van der Waals surface area contributed by atoms with Gasteiger partial charge in [-0.15, -0.1) is 24.0 Å². The second kappa shape index (κ2) is 10.1. The number of benzene rings is 1. The predicted octanol–water partition coefficient (Wildman–Crippen LogP) is 3.11. The van der Waals surface area contributed by atoms with Gasteiger partial charge in [-0.2, -0.15) is 0 Å². The molecule has 1 heterocycles. The van der Waals surface area contributed by atoms with Crippen molar-refractivity contribution >= 4 is 39.8 Å². The molecule has 0 amide bonds. The molecule has 1 saturated heterocycles. The molecular formula is C20H32IN3O2S. The Balaban J connectivity index is 0.00000261. The highest BCUT2D eigenvalue weighted by molar-refractivity contribution is 14.0. The van der Waals surface area contributed by atoms with E-state index in [-0.39, 0.29) is 35.3 Å². The third kappa shape index (κ3) is 6.07. The molecule has 1 unspecified atom stereocenters. The summed E-state index contributed by atoms with van der Waals surface area (Å²) >= 11 is 0. The highest BCUT2D eigenvalue weighted by Gasteiger charge is 2.35. The summed E-state index contributed by atoms with van der Waals surface area (Å²) in [5.41, 5.74) is 1.53. The molecule has 3 rings (SSSR count). The standard InChI is InChI=1S/C20H31N3O2S.HI/c1-2-21-19(22-14-17-10-13-26(24,25)15-17)23-16-20(11-6-7-12-20)18-8-4-3-5-9-18;/h3-5,8-9,17H,2,6-7,10-16H2,1H3,(H2,21,22,23);1H. The van der Waals surface area contributed by atoms with Gasteiger partial charge in [0.05, 0.1) is 18.1 Å². The molecule has 1 aromatic rings. The Hall–Kier alpha value is -0.830. The monoisotopic (exact) mass is 505 g/mol. The van der Waals surface area contributed by atoms with Crippen molar-refractivity contribution < 1.29 is 8.42 Å². The van der Waals surface area contributed by atoms with Crippen LogP contribution < -0.4 is 10.6 Å². The summed E-state index contributed by atoms with van der Waals surface area (Å²) in [4.78, 5) is 4.89. The maximum absolute atomic E-state index is 11.6. The summed E-state index contributed by atoms with van der Waals surface area (Å²) in [5, 5.41) is 6.68. The Bertz CT molecular complexity index is 716. The number of rotatable bonds is 6. The van der Waals surface area contributed by atoms with Crippen molar-refractivity contribution in [3.8, 4) is 0 Å². The average molecular weight is 505 g/mol. The topological polar surface area (TPSA) is 70.6 Å². The van der Waals surface area contributed by atoms with Gasteiger partial charge in [0, 0.05) is 18.5 Å². The maximum Gasteiger partial charge on any atom is 0.191 e. The zero-order chi connectivity index (χ0) is 18.5. The predicted molar refractivity (Wildman–Crippen MR) is 123 cm³/mol. The summed E-state index contributed by atoms with van der Waals surface area (Å²) < 4.78 is 23.3. The molecule has 5 nitrogen and oxygen atoms in total. The first-order valence-corrected chi connectivity index (χ1v) is 11.6. The van der Waals surface area contributed by atoms with E-state index in [1.54, 1.807) is 0 Å². The number of hydrogen-bond acceptors (Lipinski definition) is 3. The van der Waals surface area contributed by atoms with E-state index in [1.807, 2.05) is 0 Å². The number of aliphatic imine (C=N–C) groups is 1. The molecule has 2 fully saturated rings. The van der Waals surface area contributed by atoms with Crippen molar-refractivity contribution in [1.29, 1.82) is 0 Å². The second-order valence-corrected chi connectivity index (χ2v) is 9.93. The van der Waals surface area contributed by atoms with E-state index in [4.69, 9.17) is 4.99 Å². The van der Waals surface area contributed by atoms with Crippen LogP contribution in [0.3, 0.4) is 0 Å². The van der Waals surface area contributed by atoms with Gasteiger partial charge in [-0.1, -0.05) is 43.2 Å². The number of hydrogen-bond donors (Lipinski definition) is 2. The van der Waals surface area contributed by atoms with Crippen LogP contribution in [0.4, 0.5) is 0 Å². The summed E-state index contributed by atoms with van der Waals surface area (Å²) in [5.74, 6) is 1.62. The molecule has 1 atom stereocenters. The molecule has 1 aromatic carbocycles. The lowest BCUT2D eigenvalue weighted by molar-refractivity contribution is 0.452. The Labute approximate surface area is 180 Å². The van der Waals surface area contributed by atoms with E-state index in [0.29, 0.717) is 18.1 Å². The quantitative estimate of drug-likeness (QED) is 0.354. The van der Waals surface area contributed by atoms with Gasteiger partial charge in [0.2, 0.25) is 0 Å². The van der Waals surface area contributed by atoms with Gasteiger partial charge in [-0.3, -0.25) is 4.99 Å². The molecule has 2 aliphatic rings. The molecule has 1 aliphatic heterocycles. The second-order valence-electron chi connectivity index (χ2n) is 7.70. The van der Waals surface area contributed by atoms with Crippen molar-refractivity contribution in [1.82, 2.24) is 10.6 Å². The SMILES string of the molecule is CCNC(=NCC1(c2ccccc2)CCCC1)NCC1CCS(=O)(=O)C1.I. The Kier molecular flexibility index (Phi) is 8.39. The lowest BCUT2D eigenvalue weighted by Gasteiger charge is -2.28. The fourth-order valence-electron chi connectivity index (χ4n) is 4.23. The molecule has 7 heteroatoms. The first-order chi connectivity index (χ1) is 12.5. The highest BCUT2D eigenvalue weighted by atomic mass is 127. The van der Waals surface area contributed by atoms with Gasteiger partial charge in [0.1, 0.15) is 0 Å². The van der Waals surface area contributed by atoms with Gasteiger partial charge in [0.25, 0.3) is 0 Å². The molecule has 2 N–H and O–H groups in total. The van der Waals surface area contributed by atoms with E-state index in [9.17, 15) is 8.42 Å². The van der Waals surface area contributed by atoms with Crippen LogP contribution in [0.15, 0.2) is 35.3 Å². The van der Waals surface area contributed by atoms with Crippen LogP contribution in [0.2, 0.25) is 0 Å². The fourth-order valence-corrected chi connectivity index (χ4v) is 6.09. The lowest BCUT2D eigenvalue weighted by Crippen LogP contribution is -2.41. The van der Waals surface area contributed by atoms with Crippen LogP contribution in [0.5, 0.6) is 0 Å². The molecule has 1 saturated carbocycles. The molecule has 152 valence electrons. The van der Waals surface area contributed by atoms with E-state index < -0.39 is 9.84 Å². The molecule has 0 aromatic heterocycles. The largest absolute Gasteiger partial charge is 0.357 e. The molecule has 0 bridgehead atoms. The van der Waals surface area contributed by atoms with Crippen molar-refractivity contribution in [2.24, 2.45) is 10.9 Å². The number of halogens is 1. The Morgan fingerprint density at radius 2 is 1.89 bits per heavy atom. The van der Waals surface area contributed by atoms with Crippen LogP contribution >= 0.6 is 24.0 Å². The normalized spacial score (nSPS) is 23.6. The van der Waals surface area contributed by atoms with Crippen molar-refractivity contribution in [3.63, 3.8) is 0 Å². The van der Waals surface area contributed by atoms with Crippen molar-refractivity contribution in [2.75, 3.05) is 31.1 Å². The minimum atomic E-state index is -2.83. The van der Waals surface area contributed by atoms with Crippen molar-refractivity contribution in [2.45, 2.75) is 44.4 Å². The van der Waals surface area contributed by atoms with Gasteiger partial charge >= 0.3 is 0 Å². The summed E-state index contributed by atoms with van der Waals surface area (Å²) in [6.45, 7) is 4.30. The van der Waals surface area contributed by atoms with Crippen LogP contribution in [-0.4, -0.2) is 45.5 Å². The Morgan fingerprint density at radius 3 is 2.48 bits per heavy atom. The minimum Gasteiger partial charge on any atom is -0.357 e. The molecule has 27 heavy (non-hydrogen) atoms. The van der Waals surface area contributed by atoms with Crippen molar-refractivity contribution in [3.05, 3.63) is 35.9 Å². The zero-order valence-corrected chi connectivity index (χ0v) is 19.3. The van der Waals surface area contributed by atoms with Crippen LogP contribution in [0.1, 0.15) is 44.6 Å². The number of nitrogens with one attached hydrogen (secondary N) is 2. The van der Waals surface area contributed by atoms with E-state index in [1.165, 1.54) is 31.2 Å². The lowest BCUT2D eigenvalue weighted by atomic mass is 9.79. The first-order valence-electron chi connectivity index (χ1n) is 9.81. The molecular weight excluding hydrogens is 473 g/mol. The van der Waals surface area contributed by atoms with E-state index in [2.05, 4.69) is 47.9 Å². The van der Waals surface area contributed by atoms with Crippen LogP contribution in [-0.2, 0) is 15.3 Å². The number of nitrogens with zero attached hydrogens (tertiary/aromatic N) is 1. The first kappa shape index (κ1) is 22.5. The fraction of sp³-hybridized carbons (Fsp3) is 0.650. The molecule has 0 radical (unpaired) electrons. The average Bonchev–Trinajstić information content (AvgIpc) is 3.25. The van der Waals surface area contributed by atoms with Crippen LogP contribution in [0.25, 0.3) is 0 Å². The third-order valence-electron chi connectivity index (χ3n) is 5.72. The number of guanidine groups is 1. The van der Waals surface area contributed by atoms with E-state index >= 15 is 0 Å². The Morgan fingerprint density at radius 1 is 1.19 bits per heavy atom. The summed E-state index contributed by atoms with van der Waals surface area (Å²) in [7, 11) is -2.83. The molecule has 1 aliphatic carbocycles. The van der Waals surface area contributed by atoms with Gasteiger partial charge in [-0.05, 0) is 37.7 Å². The highest BCUT2D eigenvalue weighted by Crippen LogP contribution is 2.41. The maximum atomic E-state index is 11.6. The minimum absolute atomic E-state index is 0. The smallest absolute Gasteiger partial charge is 0.191 e. The van der Waals surface area contributed by atoms with Gasteiger partial charge in [0.15, 0.2) is 15.8 Å². The third-order valence-corrected chi connectivity index (χ3v) is 7.55. The summed E-state index contributed by atoms with van der Waals surface area (Å²) in [6.07, 6.45) is 5.63. The zero-order valence-electron chi connectivity index (χ0n) is 16.1. The summed E-state index contributed by atoms with van der Waals surface area (Å²) in [6, 6.07) is 10.7. The van der Waals surface area contributed by atoms with E-state index in [0.717, 1.165) is 25.5 Å². The van der Waals surface area contributed by atoms with Gasteiger partial charge < -0.3 is 10.6 Å².